The molecule has 0 spiro atoms. The lowest BCUT2D eigenvalue weighted by Crippen LogP contribution is -2.20. The molecule has 0 atom stereocenters. The molecule has 1 rings (SSSR count). The normalized spacial score (nSPS) is 10.4. The maximum atomic E-state index is 13.6. The quantitative estimate of drug-likeness (QED) is 0.635. The summed E-state index contributed by atoms with van der Waals surface area (Å²) in [5, 5.41) is 2.63. The van der Waals surface area contributed by atoms with Gasteiger partial charge < -0.3 is 5.32 Å². The van der Waals surface area contributed by atoms with Crippen LogP contribution in [-0.2, 0) is 0 Å². The zero-order chi connectivity index (χ0) is 11.4. The number of carbonyl (C=O) groups excluding carboxylic acids is 1. The number of Topliss-reactive ketones (excluding diaryl/α,β-unsaturated/α-hetero) is 1. The van der Waals surface area contributed by atoms with Gasteiger partial charge in [-0.2, -0.15) is 0 Å². The van der Waals surface area contributed by atoms with Gasteiger partial charge in [0, 0.05) is 0 Å². The third kappa shape index (κ3) is 2.54. The number of ketones is 1. The smallest absolute Gasteiger partial charge is 0.179 e. The van der Waals surface area contributed by atoms with Crippen molar-refractivity contribution in [1.82, 2.24) is 5.32 Å². The average Bonchev–Trinajstić information content (AvgIpc) is 2.18. The molecule has 15 heavy (non-hydrogen) atoms. The van der Waals surface area contributed by atoms with Crippen LogP contribution in [0.3, 0.4) is 0 Å². The Bertz CT molecular complexity index is 382. The summed E-state index contributed by atoms with van der Waals surface area (Å²) in [5.41, 5.74) is -0.0740. The van der Waals surface area contributed by atoms with Gasteiger partial charge in [-0.1, -0.05) is 0 Å². The predicted molar refractivity (Wildman–Crippen MR) is 56.4 cm³/mol. The number of carbonyl (C=O) groups is 1. The van der Waals surface area contributed by atoms with Crippen molar-refractivity contribution < 1.29 is 13.6 Å². The molecule has 0 bridgehead atoms. The molecule has 0 aliphatic heterocycles. The highest BCUT2D eigenvalue weighted by atomic mass is 32.2. The van der Waals surface area contributed by atoms with E-state index < -0.39 is 11.6 Å². The van der Waals surface area contributed by atoms with Crippen LogP contribution in [0, 0.1) is 11.6 Å². The molecule has 0 heterocycles. The van der Waals surface area contributed by atoms with E-state index in [1.54, 1.807) is 13.3 Å². The van der Waals surface area contributed by atoms with E-state index in [4.69, 9.17) is 0 Å². The fraction of sp³-hybridized carbons (Fsp3) is 0.300. The highest BCUT2D eigenvalue weighted by Gasteiger charge is 2.17. The number of rotatable bonds is 4. The van der Waals surface area contributed by atoms with Crippen molar-refractivity contribution in [2.24, 2.45) is 0 Å². The third-order valence-electron chi connectivity index (χ3n) is 1.89. The molecule has 0 aliphatic carbocycles. The molecule has 0 aliphatic rings. The maximum absolute atomic E-state index is 13.6. The van der Waals surface area contributed by atoms with Gasteiger partial charge in [0.2, 0.25) is 0 Å². The summed E-state index contributed by atoms with van der Waals surface area (Å²) in [7, 11) is 1.59. The van der Waals surface area contributed by atoms with E-state index in [1.807, 2.05) is 0 Å². The Balaban J connectivity index is 3.15. The molecular formula is C10H11F2NOS. The number of thioether (sulfide) groups is 1. The highest BCUT2D eigenvalue weighted by Crippen LogP contribution is 2.25. The molecule has 1 N–H and O–H groups in total. The lowest BCUT2D eigenvalue weighted by molar-refractivity contribution is 0.0989. The number of hydrogen-bond donors (Lipinski definition) is 1. The van der Waals surface area contributed by atoms with Crippen LogP contribution in [0.15, 0.2) is 17.0 Å². The summed E-state index contributed by atoms with van der Waals surface area (Å²) in [5.74, 6) is -1.80. The first kappa shape index (κ1) is 12.1. The molecule has 0 amide bonds. The van der Waals surface area contributed by atoms with Crippen LogP contribution in [0.25, 0.3) is 0 Å². The zero-order valence-electron chi connectivity index (χ0n) is 8.43. The molecule has 0 fully saturated rings. The monoisotopic (exact) mass is 231 g/mol. The fourth-order valence-electron chi connectivity index (χ4n) is 1.19. The number of hydrogen-bond acceptors (Lipinski definition) is 3. The third-order valence-corrected chi connectivity index (χ3v) is 2.67. The first-order valence-electron chi connectivity index (χ1n) is 4.31. The van der Waals surface area contributed by atoms with E-state index in [2.05, 4.69) is 5.32 Å². The second-order valence-electron chi connectivity index (χ2n) is 2.90. The van der Waals surface area contributed by atoms with Crippen LogP contribution in [-0.4, -0.2) is 25.6 Å². The maximum Gasteiger partial charge on any atom is 0.179 e. The number of benzene rings is 1. The Hall–Kier alpha value is -0.940. The van der Waals surface area contributed by atoms with Crippen molar-refractivity contribution in [2.75, 3.05) is 19.8 Å². The summed E-state index contributed by atoms with van der Waals surface area (Å²) >= 11 is 0.949. The summed E-state index contributed by atoms with van der Waals surface area (Å²) < 4.78 is 26.7. The molecular weight excluding hydrogens is 220 g/mol. The molecule has 0 saturated heterocycles. The number of halogens is 2. The van der Waals surface area contributed by atoms with E-state index in [-0.39, 0.29) is 22.8 Å². The number of nitrogens with one attached hydrogen (secondary N) is 1. The van der Waals surface area contributed by atoms with Gasteiger partial charge in [-0.3, -0.25) is 4.79 Å². The summed E-state index contributed by atoms with van der Waals surface area (Å²) in [6.45, 7) is 0.0381. The second kappa shape index (κ2) is 5.23. The summed E-state index contributed by atoms with van der Waals surface area (Å²) in [6, 6.07) is 2.28. The van der Waals surface area contributed by atoms with Crippen molar-refractivity contribution in [3.8, 4) is 0 Å². The van der Waals surface area contributed by atoms with E-state index in [0.29, 0.717) is 0 Å². The first-order chi connectivity index (χ1) is 7.11. The lowest BCUT2D eigenvalue weighted by Gasteiger charge is -2.06. The molecule has 5 heteroatoms. The number of likely N-dealkylation sites (N-methyl/N-ethyl adjacent to an activating group) is 1. The SMILES string of the molecule is CNCC(=O)c1ccc(F)c(SC)c1F. The van der Waals surface area contributed by atoms with E-state index >= 15 is 0 Å². The Labute approximate surface area is 91.1 Å². The van der Waals surface area contributed by atoms with Gasteiger partial charge in [-0.05, 0) is 25.4 Å². The van der Waals surface area contributed by atoms with E-state index in [0.717, 1.165) is 17.8 Å². The molecule has 0 saturated carbocycles. The Kier molecular flexibility index (Phi) is 4.23. The van der Waals surface area contributed by atoms with Crippen molar-refractivity contribution >= 4 is 17.5 Å². The first-order valence-corrected chi connectivity index (χ1v) is 5.54. The molecule has 82 valence electrons. The van der Waals surface area contributed by atoms with Crippen LogP contribution >= 0.6 is 11.8 Å². The minimum atomic E-state index is -0.775. The van der Waals surface area contributed by atoms with E-state index in [1.165, 1.54) is 6.07 Å². The average molecular weight is 231 g/mol. The predicted octanol–water partition coefficient (Wildman–Crippen LogP) is 2.09. The molecule has 1 aromatic rings. The van der Waals surface area contributed by atoms with Crippen molar-refractivity contribution in [2.45, 2.75) is 4.90 Å². The largest absolute Gasteiger partial charge is 0.313 e. The topological polar surface area (TPSA) is 29.1 Å². The molecule has 1 aromatic carbocycles. The second-order valence-corrected chi connectivity index (χ2v) is 3.71. The van der Waals surface area contributed by atoms with Crippen molar-refractivity contribution in [3.63, 3.8) is 0 Å². The summed E-state index contributed by atoms with van der Waals surface area (Å²) in [4.78, 5) is 11.3. The highest BCUT2D eigenvalue weighted by molar-refractivity contribution is 7.98. The van der Waals surface area contributed by atoms with Gasteiger partial charge in [-0.15, -0.1) is 11.8 Å². The molecule has 2 nitrogen and oxygen atoms in total. The molecule has 0 radical (unpaired) electrons. The Morgan fingerprint density at radius 2 is 2.13 bits per heavy atom. The van der Waals surface area contributed by atoms with Crippen LogP contribution in [0.4, 0.5) is 8.78 Å². The Morgan fingerprint density at radius 3 is 2.67 bits per heavy atom. The van der Waals surface area contributed by atoms with Crippen molar-refractivity contribution in [1.29, 1.82) is 0 Å². The van der Waals surface area contributed by atoms with Crippen LogP contribution in [0.1, 0.15) is 10.4 Å². The van der Waals surface area contributed by atoms with Gasteiger partial charge in [0.1, 0.15) is 5.82 Å². The lowest BCUT2D eigenvalue weighted by atomic mass is 10.1. The van der Waals surface area contributed by atoms with Crippen LogP contribution < -0.4 is 5.32 Å². The van der Waals surface area contributed by atoms with Crippen LogP contribution in [0.5, 0.6) is 0 Å². The van der Waals surface area contributed by atoms with Gasteiger partial charge in [0.05, 0.1) is 17.0 Å². The zero-order valence-corrected chi connectivity index (χ0v) is 9.25. The fourth-order valence-corrected chi connectivity index (χ4v) is 1.74. The van der Waals surface area contributed by atoms with Gasteiger partial charge in [-0.25, -0.2) is 8.78 Å². The van der Waals surface area contributed by atoms with Gasteiger partial charge in [0.15, 0.2) is 11.6 Å². The molecule has 0 unspecified atom stereocenters. The van der Waals surface area contributed by atoms with Crippen molar-refractivity contribution in [3.05, 3.63) is 29.3 Å². The Morgan fingerprint density at radius 1 is 1.47 bits per heavy atom. The summed E-state index contributed by atoms with van der Waals surface area (Å²) in [6.07, 6.45) is 1.56. The standard InChI is InChI=1S/C10H11F2NOS/c1-13-5-8(14)6-3-4-7(11)10(15-2)9(6)12/h3-4,13H,5H2,1-2H3. The minimum absolute atomic E-state index is 0.0381. The minimum Gasteiger partial charge on any atom is -0.313 e. The van der Waals surface area contributed by atoms with Gasteiger partial charge in [0.25, 0.3) is 0 Å². The molecule has 0 aromatic heterocycles. The van der Waals surface area contributed by atoms with Crippen LogP contribution in [0.2, 0.25) is 0 Å². The van der Waals surface area contributed by atoms with Gasteiger partial charge >= 0.3 is 0 Å². The van der Waals surface area contributed by atoms with E-state index in [9.17, 15) is 13.6 Å².